The summed E-state index contributed by atoms with van der Waals surface area (Å²) in [6.45, 7) is 0.372. The lowest BCUT2D eigenvalue weighted by molar-refractivity contribution is -0.125. The maximum Gasteiger partial charge on any atom is 0.239 e. The number of fused-ring (bicyclic) bond motifs is 1. The van der Waals surface area contributed by atoms with Crippen LogP contribution >= 0.6 is 0 Å². The molecule has 5 heteroatoms. The van der Waals surface area contributed by atoms with Crippen molar-refractivity contribution in [3.05, 3.63) is 83.7 Å². The Morgan fingerprint density at radius 1 is 0.815 bits per heavy atom. The molecule has 2 N–H and O–H groups in total. The van der Waals surface area contributed by atoms with Gasteiger partial charge in [-0.25, -0.2) is 4.39 Å². The predicted octanol–water partition coefficient (Wildman–Crippen LogP) is 3.00. The zero-order valence-corrected chi connectivity index (χ0v) is 14.9. The number of benzene rings is 3. The molecule has 3 aromatic carbocycles. The van der Waals surface area contributed by atoms with Crippen molar-refractivity contribution >= 4 is 22.6 Å². The summed E-state index contributed by atoms with van der Waals surface area (Å²) in [6.07, 6.45) is 0.834. The molecule has 0 bridgehead atoms. The molecule has 27 heavy (non-hydrogen) atoms. The summed E-state index contributed by atoms with van der Waals surface area (Å²) < 4.78 is 12.8. The Bertz CT molecular complexity index is 933. The maximum atomic E-state index is 12.8. The first-order valence-corrected chi connectivity index (χ1v) is 8.86. The van der Waals surface area contributed by atoms with Crippen LogP contribution in [0.1, 0.15) is 11.1 Å². The van der Waals surface area contributed by atoms with Gasteiger partial charge in [-0.05, 0) is 40.5 Å². The van der Waals surface area contributed by atoms with E-state index in [1.807, 2.05) is 42.5 Å². The third kappa shape index (κ3) is 5.38. The lowest BCUT2D eigenvalue weighted by atomic mass is 10.0. The summed E-state index contributed by atoms with van der Waals surface area (Å²) in [7, 11) is 0. The third-order valence-corrected chi connectivity index (χ3v) is 4.33. The molecule has 0 heterocycles. The molecule has 0 unspecified atom stereocenters. The SMILES string of the molecule is O=C(CNC(=O)Cc1cccc2ccccc12)NCCc1ccc(F)cc1. The Balaban J connectivity index is 1.43. The third-order valence-electron chi connectivity index (χ3n) is 4.33. The average molecular weight is 364 g/mol. The highest BCUT2D eigenvalue weighted by molar-refractivity contribution is 5.91. The lowest BCUT2D eigenvalue weighted by Gasteiger charge is -2.09. The Kier molecular flexibility index (Phi) is 6.15. The lowest BCUT2D eigenvalue weighted by Crippen LogP contribution is -2.38. The van der Waals surface area contributed by atoms with Crippen molar-refractivity contribution in [1.29, 1.82) is 0 Å². The summed E-state index contributed by atoms with van der Waals surface area (Å²) in [4.78, 5) is 24.0. The first kappa shape index (κ1) is 18.6. The van der Waals surface area contributed by atoms with E-state index in [2.05, 4.69) is 10.6 Å². The molecule has 3 aromatic rings. The van der Waals surface area contributed by atoms with Crippen molar-refractivity contribution < 1.29 is 14.0 Å². The Labute approximate surface area is 157 Å². The fourth-order valence-corrected chi connectivity index (χ4v) is 2.92. The summed E-state index contributed by atoms with van der Waals surface area (Å²) in [5, 5.41) is 7.52. The smallest absolute Gasteiger partial charge is 0.239 e. The molecule has 0 saturated carbocycles. The van der Waals surface area contributed by atoms with Crippen molar-refractivity contribution in [3.8, 4) is 0 Å². The average Bonchev–Trinajstić information content (AvgIpc) is 2.68. The van der Waals surface area contributed by atoms with E-state index in [9.17, 15) is 14.0 Å². The van der Waals surface area contributed by atoms with E-state index >= 15 is 0 Å². The number of nitrogens with one attached hydrogen (secondary N) is 2. The van der Waals surface area contributed by atoms with Gasteiger partial charge in [0.15, 0.2) is 0 Å². The number of rotatable bonds is 7. The standard InChI is InChI=1S/C22H21FN2O2/c23-19-10-8-16(9-11-19)12-13-24-22(27)15-25-21(26)14-18-6-3-5-17-4-1-2-7-20(17)18/h1-11H,12-15H2,(H,24,27)(H,25,26). The van der Waals surface area contributed by atoms with E-state index in [1.54, 1.807) is 12.1 Å². The second-order valence-electron chi connectivity index (χ2n) is 6.32. The Morgan fingerprint density at radius 2 is 1.56 bits per heavy atom. The molecule has 0 aliphatic carbocycles. The van der Waals surface area contributed by atoms with Gasteiger partial charge in [0.05, 0.1) is 13.0 Å². The van der Waals surface area contributed by atoms with Gasteiger partial charge < -0.3 is 10.6 Å². The highest BCUT2D eigenvalue weighted by Gasteiger charge is 2.08. The van der Waals surface area contributed by atoms with E-state index < -0.39 is 0 Å². The first-order valence-electron chi connectivity index (χ1n) is 8.86. The van der Waals surface area contributed by atoms with Crippen LogP contribution in [0.4, 0.5) is 4.39 Å². The number of amides is 2. The molecule has 0 aliphatic rings. The minimum absolute atomic E-state index is 0.0625. The van der Waals surface area contributed by atoms with Gasteiger partial charge >= 0.3 is 0 Å². The molecule has 138 valence electrons. The number of hydrogen-bond acceptors (Lipinski definition) is 2. The fraction of sp³-hybridized carbons (Fsp3) is 0.182. The maximum absolute atomic E-state index is 12.8. The van der Waals surface area contributed by atoms with Crippen LogP contribution in [-0.2, 0) is 22.4 Å². The highest BCUT2D eigenvalue weighted by Crippen LogP contribution is 2.18. The zero-order chi connectivity index (χ0) is 19.1. The van der Waals surface area contributed by atoms with E-state index in [1.165, 1.54) is 12.1 Å². The summed E-state index contributed by atoms with van der Waals surface area (Å²) in [5.41, 5.74) is 1.87. The highest BCUT2D eigenvalue weighted by atomic mass is 19.1. The Morgan fingerprint density at radius 3 is 2.37 bits per heavy atom. The van der Waals surface area contributed by atoms with E-state index in [-0.39, 0.29) is 30.6 Å². The normalized spacial score (nSPS) is 10.6. The summed E-state index contributed by atoms with van der Waals surface area (Å²) in [5.74, 6) is -0.722. The molecule has 0 aromatic heterocycles. The molecular formula is C22H21FN2O2. The number of hydrogen-bond donors (Lipinski definition) is 2. The van der Waals surface area contributed by atoms with Crippen LogP contribution in [0.5, 0.6) is 0 Å². The predicted molar refractivity (Wildman–Crippen MR) is 104 cm³/mol. The van der Waals surface area contributed by atoms with Crippen molar-refractivity contribution in [2.45, 2.75) is 12.8 Å². The number of carbonyl (C=O) groups is 2. The van der Waals surface area contributed by atoms with Gasteiger partial charge in [-0.15, -0.1) is 0 Å². The molecule has 0 atom stereocenters. The van der Waals surface area contributed by atoms with Crippen LogP contribution in [0.3, 0.4) is 0 Å². The van der Waals surface area contributed by atoms with Gasteiger partial charge in [0, 0.05) is 6.54 Å². The molecule has 2 amide bonds. The van der Waals surface area contributed by atoms with Crippen LogP contribution < -0.4 is 10.6 Å². The minimum Gasteiger partial charge on any atom is -0.354 e. The van der Waals surface area contributed by atoms with Crippen molar-refractivity contribution in [2.24, 2.45) is 0 Å². The molecule has 0 fully saturated rings. The Hall–Kier alpha value is -3.21. The minimum atomic E-state index is -0.281. The van der Waals surface area contributed by atoms with Crippen LogP contribution in [0, 0.1) is 5.82 Å². The van der Waals surface area contributed by atoms with Crippen molar-refractivity contribution in [2.75, 3.05) is 13.1 Å². The summed E-state index contributed by atoms with van der Waals surface area (Å²) in [6, 6.07) is 19.9. The van der Waals surface area contributed by atoms with Gasteiger partial charge in [0.1, 0.15) is 5.82 Å². The molecule has 4 nitrogen and oxygen atoms in total. The monoisotopic (exact) mass is 364 g/mol. The van der Waals surface area contributed by atoms with Gasteiger partial charge in [0.2, 0.25) is 11.8 Å². The second kappa shape index (κ2) is 8.94. The fourth-order valence-electron chi connectivity index (χ4n) is 2.92. The van der Waals surface area contributed by atoms with Gasteiger partial charge in [-0.1, -0.05) is 54.6 Å². The number of halogens is 1. The van der Waals surface area contributed by atoms with E-state index in [0.717, 1.165) is 21.9 Å². The van der Waals surface area contributed by atoms with Crippen molar-refractivity contribution in [3.63, 3.8) is 0 Å². The van der Waals surface area contributed by atoms with Crippen LogP contribution in [0.25, 0.3) is 10.8 Å². The molecule has 0 spiro atoms. The van der Waals surface area contributed by atoms with Crippen molar-refractivity contribution in [1.82, 2.24) is 10.6 Å². The first-order chi connectivity index (χ1) is 13.1. The molecule has 0 radical (unpaired) electrons. The zero-order valence-electron chi connectivity index (χ0n) is 14.9. The molecule has 3 rings (SSSR count). The largest absolute Gasteiger partial charge is 0.354 e. The molecular weight excluding hydrogens is 343 g/mol. The quantitative estimate of drug-likeness (QED) is 0.677. The van der Waals surface area contributed by atoms with E-state index in [4.69, 9.17) is 0 Å². The number of carbonyl (C=O) groups excluding carboxylic acids is 2. The molecule has 0 saturated heterocycles. The second-order valence-corrected chi connectivity index (χ2v) is 6.32. The van der Waals surface area contributed by atoms with Crippen LogP contribution in [-0.4, -0.2) is 24.9 Å². The van der Waals surface area contributed by atoms with Crippen LogP contribution in [0.15, 0.2) is 66.7 Å². The van der Waals surface area contributed by atoms with Gasteiger partial charge in [0.25, 0.3) is 0 Å². The van der Waals surface area contributed by atoms with Gasteiger partial charge in [-0.3, -0.25) is 9.59 Å². The topological polar surface area (TPSA) is 58.2 Å². The van der Waals surface area contributed by atoms with E-state index in [0.29, 0.717) is 13.0 Å². The van der Waals surface area contributed by atoms with Crippen LogP contribution in [0.2, 0.25) is 0 Å². The molecule has 0 aliphatic heterocycles. The summed E-state index contributed by atoms with van der Waals surface area (Å²) >= 11 is 0. The van der Waals surface area contributed by atoms with Gasteiger partial charge in [-0.2, -0.15) is 0 Å².